The minimum atomic E-state index is -0.197. The van der Waals surface area contributed by atoms with Crippen LogP contribution < -0.4 is 10.9 Å². The molecule has 0 radical (unpaired) electrons. The van der Waals surface area contributed by atoms with Gasteiger partial charge in [0.05, 0.1) is 11.7 Å². The Morgan fingerprint density at radius 3 is 2.48 bits per heavy atom. The first-order chi connectivity index (χ1) is 14.1. The standard InChI is InChI=1S/C23H21N3O2S/c1-16-20(18-10-6-3-7-11-18)21-22(29-16)25-15-26(23(21)28)14-19(27)24-13-12-17-8-4-2-5-9-17/h2-11,15H,12-14H2,1H3,(H,24,27). The van der Waals surface area contributed by atoms with Crippen molar-refractivity contribution < 1.29 is 4.79 Å². The number of benzene rings is 2. The highest BCUT2D eigenvalue weighted by molar-refractivity contribution is 7.19. The fourth-order valence-corrected chi connectivity index (χ4v) is 4.41. The number of hydrogen-bond acceptors (Lipinski definition) is 4. The lowest BCUT2D eigenvalue weighted by Gasteiger charge is -2.08. The van der Waals surface area contributed by atoms with Crippen LogP contribution in [-0.2, 0) is 17.8 Å². The molecule has 2 aromatic heterocycles. The van der Waals surface area contributed by atoms with Crippen LogP contribution in [0.3, 0.4) is 0 Å². The molecule has 0 saturated carbocycles. The average Bonchev–Trinajstić information content (AvgIpc) is 3.08. The molecule has 1 N–H and O–H groups in total. The second kappa shape index (κ2) is 8.41. The van der Waals surface area contributed by atoms with E-state index in [0.29, 0.717) is 16.8 Å². The topological polar surface area (TPSA) is 64.0 Å². The van der Waals surface area contributed by atoms with Crippen molar-refractivity contribution in [3.63, 3.8) is 0 Å². The Hall–Kier alpha value is -3.25. The fraction of sp³-hybridized carbons (Fsp3) is 0.174. The molecule has 0 fully saturated rings. The Morgan fingerprint density at radius 2 is 1.76 bits per heavy atom. The molecule has 0 saturated heterocycles. The van der Waals surface area contributed by atoms with E-state index < -0.39 is 0 Å². The van der Waals surface area contributed by atoms with Gasteiger partial charge < -0.3 is 5.32 Å². The van der Waals surface area contributed by atoms with Gasteiger partial charge in [0.2, 0.25) is 5.91 Å². The zero-order valence-corrected chi connectivity index (χ0v) is 16.9. The quantitative estimate of drug-likeness (QED) is 0.533. The van der Waals surface area contributed by atoms with Crippen LogP contribution in [0.25, 0.3) is 21.3 Å². The summed E-state index contributed by atoms with van der Waals surface area (Å²) in [6.07, 6.45) is 2.22. The lowest BCUT2D eigenvalue weighted by molar-refractivity contribution is -0.121. The largest absolute Gasteiger partial charge is 0.354 e. The molecule has 2 aromatic carbocycles. The van der Waals surface area contributed by atoms with Crippen molar-refractivity contribution in [3.05, 3.63) is 87.8 Å². The minimum Gasteiger partial charge on any atom is -0.354 e. The van der Waals surface area contributed by atoms with Crippen LogP contribution in [-0.4, -0.2) is 22.0 Å². The van der Waals surface area contributed by atoms with Gasteiger partial charge in [-0.15, -0.1) is 11.3 Å². The third-order valence-electron chi connectivity index (χ3n) is 4.81. The number of nitrogens with zero attached hydrogens (tertiary/aromatic N) is 2. The molecule has 0 bridgehead atoms. The van der Waals surface area contributed by atoms with E-state index in [2.05, 4.69) is 10.3 Å². The summed E-state index contributed by atoms with van der Waals surface area (Å²) in [5.74, 6) is -0.197. The second-order valence-electron chi connectivity index (χ2n) is 6.84. The maximum atomic E-state index is 13.1. The molecule has 4 aromatic rings. The summed E-state index contributed by atoms with van der Waals surface area (Å²) < 4.78 is 1.39. The Balaban J connectivity index is 1.54. The van der Waals surface area contributed by atoms with Crippen LogP contribution in [0.1, 0.15) is 10.4 Å². The van der Waals surface area contributed by atoms with E-state index in [0.717, 1.165) is 28.0 Å². The van der Waals surface area contributed by atoms with Gasteiger partial charge in [-0.2, -0.15) is 0 Å². The zero-order chi connectivity index (χ0) is 20.2. The zero-order valence-electron chi connectivity index (χ0n) is 16.1. The second-order valence-corrected chi connectivity index (χ2v) is 8.05. The number of rotatable bonds is 6. The van der Waals surface area contributed by atoms with Crippen molar-refractivity contribution in [2.45, 2.75) is 19.9 Å². The highest BCUT2D eigenvalue weighted by Crippen LogP contribution is 2.35. The lowest BCUT2D eigenvalue weighted by Crippen LogP contribution is -2.33. The SMILES string of the molecule is Cc1sc2ncn(CC(=O)NCCc3ccccc3)c(=O)c2c1-c1ccccc1. The molecular formula is C23H21N3O2S. The molecule has 0 aliphatic heterocycles. The third kappa shape index (κ3) is 4.12. The Morgan fingerprint density at radius 1 is 1.07 bits per heavy atom. The predicted octanol–water partition coefficient (Wildman–Crippen LogP) is 3.79. The molecule has 0 aliphatic rings. The van der Waals surface area contributed by atoms with Crippen LogP contribution in [0.5, 0.6) is 0 Å². The first-order valence-electron chi connectivity index (χ1n) is 9.48. The molecular weight excluding hydrogens is 382 g/mol. The van der Waals surface area contributed by atoms with Gasteiger partial charge in [-0.3, -0.25) is 14.2 Å². The normalized spacial score (nSPS) is 10.9. The van der Waals surface area contributed by atoms with E-state index in [-0.39, 0.29) is 18.0 Å². The third-order valence-corrected chi connectivity index (χ3v) is 5.82. The smallest absolute Gasteiger partial charge is 0.263 e. The molecule has 0 atom stereocenters. The van der Waals surface area contributed by atoms with Crippen molar-refractivity contribution in [1.82, 2.24) is 14.9 Å². The van der Waals surface area contributed by atoms with Crippen LogP contribution in [0.2, 0.25) is 0 Å². The molecule has 0 unspecified atom stereocenters. The van der Waals surface area contributed by atoms with Crippen LogP contribution in [0.4, 0.5) is 0 Å². The first-order valence-corrected chi connectivity index (χ1v) is 10.3. The number of carbonyl (C=O) groups is 1. The van der Waals surface area contributed by atoms with Crippen LogP contribution in [0.15, 0.2) is 71.8 Å². The molecule has 1 amide bonds. The molecule has 146 valence electrons. The number of nitrogens with one attached hydrogen (secondary N) is 1. The predicted molar refractivity (Wildman–Crippen MR) is 117 cm³/mol. The average molecular weight is 404 g/mol. The molecule has 0 spiro atoms. The summed E-state index contributed by atoms with van der Waals surface area (Å²) in [5.41, 5.74) is 2.87. The van der Waals surface area contributed by atoms with Crippen LogP contribution >= 0.6 is 11.3 Å². The minimum absolute atomic E-state index is 0.0420. The summed E-state index contributed by atoms with van der Waals surface area (Å²) >= 11 is 1.50. The molecule has 5 nitrogen and oxygen atoms in total. The van der Waals surface area contributed by atoms with Gasteiger partial charge in [0.25, 0.3) is 5.56 Å². The van der Waals surface area contributed by atoms with Gasteiger partial charge >= 0.3 is 0 Å². The number of thiophene rings is 1. The van der Waals surface area contributed by atoms with Crippen molar-refractivity contribution in [2.24, 2.45) is 0 Å². The van der Waals surface area contributed by atoms with E-state index in [9.17, 15) is 9.59 Å². The Labute approximate surface area is 172 Å². The Kier molecular flexibility index (Phi) is 5.53. The number of aryl methyl sites for hydroxylation is 1. The van der Waals surface area contributed by atoms with Gasteiger partial charge in [-0.25, -0.2) is 4.98 Å². The monoisotopic (exact) mass is 403 g/mol. The lowest BCUT2D eigenvalue weighted by atomic mass is 10.0. The molecule has 0 aliphatic carbocycles. The highest BCUT2D eigenvalue weighted by Gasteiger charge is 2.17. The number of carbonyl (C=O) groups excluding carboxylic acids is 1. The van der Waals surface area contributed by atoms with E-state index in [4.69, 9.17) is 0 Å². The van der Waals surface area contributed by atoms with Gasteiger partial charge in [0.15, 0.2) is 0 Å². The summed E-state index contributed by atoms with van der Waals surface area (Å²) in [4.78, 5) is 31.6. The summed E-state index contributed by atoms with van der Waals surface area (Å²) in [5, 5.41) is 3.46. The molecule has 4 rings (SSSR count). The van der Waals surface area contributed by atoms with Gasteiger partial charge in [-0.1, -0.05) is 60.7 Å². The highest BCUT2D eigenvalue weighted by atomic mass is 32.1. The number of aromatic nitrogens is 2. The summed E-state index contributed by atoms with van der Waals surface area (Å²) in [7, 11) is 0. The fourth-order valence-electron chi connectivity index (χ4n) is 3.40. The molecule has 29 heavy (non-hydrogen) atoms. The van der Waals surface area contributed by atoms with Crippen molar-refractivity contribution >= 4 is 27.5 Å². The molecule has 6 heteroatoms. The maximum absolute atomic E-state index is 13.1. The van der Waals surface area contributed by atoms with E-state index in [1.165, 1.54) is 22.2 Å². The number of hydrogen-bond donors (Lipinski definition) is 1. The summed E-state index contributed by atoms with van der Waals surface area (Å²) in [6, 6.07) is 19.8. The molecule has 2 heterocycles. The number of amides is 1. The van der Waals surface area contributed by atoms with Crippen molar-refractivity contribution in [2.75, 3.05) is 6.54 Å². The van der Waals surface area contributed by atoms with Gasteiger partial charge in [-0.05, 0) is 24.5 Å². The van der Waals surface area contributed by atoms with Crippen molar-refractivity contribution in [3.8, 4) is 11.1 Å². The summed E-state index contributed by atoms with van der Waals surface area (Å²) in [6.45, 7) is 2.48. The van der Waals surface area contributed by atoms with Gasteiger partial charge in [0.1, 0.15) is 11.4 Å². The van der Waals surface area contributed by atoms with Gasteiger partial charge in [0, 0.05) is 17.0 Å². The number of fused-ring (bicyclic) bond motifs is 1. The van der Waals surface area contributed by atoms with E-state index >= 15 is 0 Å². The first kappa shape index (κ1) is 19.1. The van der Waals surface area contributed by atoms with Crippen molar-refractivity contribution in [1.29, 1.82) is 0 Å². The van der Waals surface area contributed by atoms with E-state index in [1.54, 1.807) is 0 Å². The Bertz CT molecular complexity index is 1200. The maximum Gasteiger partial charge on any atom is 0.263 e. The van der Waals surface area contributed by atoms with Crippen LogP contribution in [0, 0.1) is 6.92 Å². The van der Waals surface area contributed by atoms with E-state index in [1.807, 2.05) is 67.6 Å².